The lowest BCUT2D eigenvalue weighted by Crippen LogP contribution is -2.36. The van der Waals surface area contributed by atoms with Crippen molar-refractivity contribution in [2.75, 3.05) is 6.54 Å². The molecule has 2 aromatic rings. The molecule has 2 aromatic heterocycles. The molecule has 0 saturated carbocycles. The number of aliphatic hydroxyl groups is 1. The molecule has 1 aliphatic heterocycles. The average Bonchev–Trinajstić information content (AvgIpc) is 2.83. The Morgan fingerprint density at radius 2 is 1.60 bits per heavy atom. The molecule has 4 nitrogen and oxygen atoms in total. The van der Waals surface area contributed by atoms with Gasteiger partial charge in [0.25, 0.3) is 0 Å². The zero-order valence-corrected chi connectivity index (χ0v) is 11.4. The van der Waals surface area contributed by atoms with Crippen molar-refractivity contribution < 1.29 is 5.11 Å². The number of nitrogens with zero attached hydrogens (tertiary/aromatic N) is 3. The summed E-state index contributed by atoms with van der Waals surface area (Å²) >= 11 is 0. The van der Waals surface area contributed by atoms with E-state index in [1.807, 2.05) is 49.1 Å². The number of pyridine rings is 2. The van der Waals surface area contributed by atoms with Gasteiger partial charge in [-0.25, -0.2) is 0 Å². The maximum absolute atomic E-state index is 10.2. The van der Waals surface area contributed by atoms with Crippen molar-refractivity contribution in [2.24, 2.45) is 0 Å². The van der Waals surface area contributed by atoms with Gasteiger partial charge in [-0.15, -0.1) is 0 Å². The largest absolute Gasteiger partial charge is 0.391 e. The SMILES string of the molecule is O[C@@H]1CCN(Cc2ccncc2)[C@@H]1Cc1ccncc1. The van der Waals surface area contributed by atoms with Crippen LogP contribution < -0.4 is 0 Å². The molecule has 0 spiro atoms. The van der Waals surface area contributed by atoms with Gasteiger partial charge in [-0.3, -0.25) is 14.9 Å². The first kappa shape index (κ1) is 13.2. The van der Waals surface area contributed by atoms with E-state index in [4.69, 9.17) is 0 Å². The van der Waals surface area contributed by atoms with Crippen molar-refractivity contribution in [1.29, 1.82) is 0 Å². The van der Waals surface area contributed by atoms with Crippen molar-refractivity contribution in [3.05, 3.63) is 60.2 Å². The van der Waals surface area contributed by atoms with Crippen LogP contribution in [-0.4, -0.2) is 38.7 Å². The van der Waals surface area contributed by atoms with E-state index in [0.29, 0.717) is 0 Å². The molecule has 0 aromatic carbocycles. The van der Waals surface area contributed by atoms with Crippen LogP contribution in [-0.2, 0) is 13.0 Å². The highest BCUT2D eigenvalue weighted by Crippen LogP contribution is 2.23. The van der Waals surface area contributed by atoms with Gasteiger partial charge in [0.05, 0.1) is 6.10 Å². The van der Waals surface area contributed by atoms with E-state index >= 15 is 0 Å². The Bertz CT molecular complexity index is 532. The van der Waals surface area contributed by atoms with E-state index in [-0.39, 0.29) is 12.1 Å². The van der Waals surface area contributed by atoms with Crippen molar-refractivity contribution >= 4 is 0 Å². The molecule has 1 fully saturated rings. The maximum Gasteiger partial charge on any atom is 0.0710 e. The standard InChI is InChI=1S/C16H19N3O/c20-16-5-10-19(12-14-3-8-18-9-4-14)15(16)11-13-1-6-17-7-2-13/h1-4,6-9,15-16,20H,5,10-12H2/t15-,16-/m1/s1. The van der Waals surface area contributed by atoms with Crippen LogP contribution in [0.4, 0.5) is 0 Å². The van der Waals surface area contributed by atoms with Crippen molar-refractivity contribution in [2.45, 2.75) is 31.5 Å². The first-order valence-electron chi connectivity index (χ1n) is 7.03. The Morgan fingerprint density at radius 1 is 1.00 bits per heavy atom. The maximum atomic E-state index is 10.2. The third kappa shape index (κ3) is 3.03. The summed E-state index contributed by atoms with van der Waals surface area (Å²) in [5.74, 6) is 0. The number of aromatic nitrogens is 2. The highest BCUT2D eigenvalue weighted by Gasteiger charge is 2.32. The molecule has 3 heterocycles. The molecule has 0 aliphatic carbocycles. The molecule has 1 saturated heterocycles. The number of hydrogen-bond donors (Lipinski definition) is 1. The Balaban J connectivity index is 1.70. The molecule has 3 rings (SSSR count). The average molecular weight is 269 g/mol. The van der Waals surface area contributed by atoms with Crippen molar-refractivity contribution in [3.8, 4) is 0 Å². The molecule has 4 heteroatoms. The van der Waals surface area contributed by atoms with Gasteiger partial charge in [-0.2, -0.15) is 0 Å². The zero-order valence-electron chi connectivity index (χ0n) is 11.4. The van der Waals surface area contributed by atoms with Gasteiger partial charge in [-0.05, 0) is 48.2 Å². The Kier molecular flexibility index (Phi) is 4.04. The summed E-state index contributed by atoms with van der Waals surface area (Å²) in [4.78, 5) is 10.5. The minimum Gasteiger partial charge on any atom is -0.391 e. The van der Waals surface area contributed by atoms with Gasteiger partial charge in [0, 0.05) is 43.9 Å². The van der Waals surface area contributed by atoms with Crippen LogP contribution >= 0.6 is 0 Å². The molecule has 20 heavy (non-hydrogen) atoms. The second-order valence-corrected chi connectivity index (χ2v) is 5.31. The van der Waals surface area contributed by atoms with Crippen LogP contribution in [0.2, 0.25) is 0 Å². The number of aliphatic hydroxyl groups excluding tert-OH is 1. The predicted molar refractivity (Wildman–Crippen MR) is 77.0 cm³/mol. The fourth-order valence-electron chi connectivity index (χ4n) is 2.84. The lowest BCUT2D eigenvalue weighted by Gasteiger charge is -2.26. The summed E-state index contributed by atoms with van der Waals surface area (Å²) in [6.45, 7) is 1.81. The first-order valence-corrected chi connectivity index (χ1v) is 7.03. The van der Waals surface area contributed by atoms with E-state index in [1.54, 1.807) is 0 Å². The Hall–Kier alpha value is -1.78. The highest BCUT2D eigenvalue weighted by molar-refractivity contribution is 5.14. The monoisotopic (exact) mass is 269 g/mol. The van der Waals surface area contributed by atoms with Crippen molar-refractivity contribution in [1.82, 2.24) is 14.9 Å². The fraction of sp³-hybridized carbons (Fsp3) is 0.375. The smallest absolute Gasteiger partial charge is 0.0710 e. The Morgan fingerprint density at radius 3 is 2.25 bits per heavy atom. The highest BCUT2D eigenvalue weighted by atomic mass is 16.3. The molecule has 2 atom stereocenters. The topological polar surface area (TPSA) is 49.2 Å². The summed E-state index contributed by atoms with van der Waals surface area (Å²) in [7, 11) is 0. The Labute approximate surface area is 119 Å². The quantitative estimate of drug-likeness (QED) is 0.917. The molecule has 0 radical (unpaired) electrons. The molecule has 0 amide bonds. The van der Waals surface area contributed by atoms with Gasteiger partial charge in [-0.1, -0.05) is 0 Å². The third-order valence-electron chi connectivity index (χ3n) is 3.95. The zero-order chi connectivity index (χ0) is 13.8. The van der Waals surface area contributed by atoms with E-state index in [1.165, 1.54) is 11.1 Å². The van der Waals surface area contributed by atoms with Crippen LogP contribution in [0.3, 0.4) is 0 Å². The van der Waals surface area contributed by atoms with Crippen LogP contribution in [0.1, 0.15) is 17.5 Å². The summed E-state index contributed by atoms with van der Waals surface area (Å²) in [6.07, 6.45) is 8.73. The fourth-order valence-corrected chi connectivity index (χ4v) is 2.84. The van der Waals surface area contributed by atoms with E-state index in [0.717, 1.165) is 25.9 Å². The lowest BCUT2D eigenvalue weighted by molar-refractivity contribution is 0.112. The van der Waals surface area contributed by atoms with Gasteiger partial charge in [0.15, 0.2) is 0 Å². The van der Waals surface area contributed by atoms with Gasteiger partial charge in [0.1, 0.15) is 0 Å². The van der Waals surface area contributed by atoms with Crippen LogP contribution in [0.25, 0.3) is 0 Å². The number of rotatable bonds is 4. The molecule has 0 unspecified atom stereocenters. The summed E-state index contributed by atoms with van der Waals surface area (Å²) < 4.78 is 0. The summed E-state index contributed by atoms with van der Waals surface area (Å²) in [5.41, 5.74) is 2.47. The van der Waals surface area contributed by atoms with E-state index in [2.05, 4.69) is 14.9 Å². The summed E-state index contributed by atoms with van der Waals surface area (Å²) in [6, 6.07) is 8.30. The van der Waals surface area contributed by atoms with Crippen LogP contribution in [0, 0.1) is 0 Å². The summed E-state index contributed by atoms with van der Waals surface area (Å²) in [5, 5.41) is 10.2. The minimum absolute atomic E-state index is 0.186. The van der Waals surface area contributed by atoms with Crippen LogP contribution in [0.15, 0.2) is 49.1 Å². The lowest BCUT2D eigenvalue weighted by atomic mass is 10.0. The third-order valence-corrected chi connectivity index (χ3v) is 3.95. The number of likely N-dealkylation sites (tertiary alicyclic amines) is 1. The molecule has 104 valence electrons. The molecule has 1 aliphatic rings. The molecule has 0 bridgehead atoms. The van der Waals surface area contributed by atoms with Crippen molar-refractivity contribution in [3.63, 3.8) is 0 Å². The minimum atomic E-state index is -0.245. The molecular weight excluding hydrogens is 250 g/mol. The first-order chi connectivity index (χ1) is 9.83. The second-order valence-electron chi connectivity index (χ2n) is 5.31. The molecular formula is C16H19N3O. The van der Waals surface area contributed by atoms with Gasteiger partial charge >= 0.3 is 0 Å². The second kappa shape index (κ2) is 6.11. The van der Waals surface area contributed by atoms with Gasteiger partial charge < -0.3 is 5.11 Å². The normalized spacial score (nSPS) is 23.1. The van der Waals surface area contributed by atoms with Crippen LogP contribution in [0.5, 0.6) is 0 Å². The number of hydrogen-bond acceptors (Lipinski definition) is 4. The van der Waals surface area contributed by atoms with Gasteiger partial charge in [0.2, 0.25) is 0 Å². The van der Waals surface area contributed by atoms with E-state index < -0.39 is 0 Å². The molecule has 1 N–H and O–H groups in total. The van der Waals surface area contributed by atoms with E-state index in [9.17, 15) is 5.11 Å². The predicted octanol–water partition coefficient (Wildman–Crippen LogP) is 1.65.